The van der Waals surface area contributed by atoms with E-state index in [1.54, 1.807) is 12.1 Å². The van der Waals surface area contributed by atoms with Crippen LogP contribution in [0.4, 0.5) is 4.39 Å². The maximum Gasteiger partial charge on any atom is 0.241 e. The van der Waals surface area contributed by atoms with Gasteiger partial charge in [-0.25, -0.2) is 4.39 Å². The summed E-state index contributed by atoms with van der Waals surface area (Å²) in [5.41, 5.74) is 0.919. The van der Waals surface area contributed by atoms with E-state index in [2.05, 4.69) is 5.32 Å². The van der Waals surface area contributed by atoms with Crippen LogP contribution in [0.2, 0.25) is 0 Å². The standard InChI is InChI=1S/C15H19FN2O2/c1-2-13-15(19)18(12-7-8-20-9-12)14(17-13)10-3-5-11(16)6-4-10/h3-6,12-14,17H,2,7-9H2,1H3. The Morgan fingerprint density at radius 1 is 1.40 bits per heavy atom. The fraction of sp³-hybridized carbons (Fsp3) is 0.533. The molecular weight excluding hydrogens is 259 g/mol. The normalized spacial score (nSPS) is 30.2. The lowest BCUT2D eigenvalue weighted by atomic mass is 10.1. The molecule has 3 rings (SSSR count). The molecule has 0 saturated carbocycles. The van der Waals surface area contributed by atoms with E-state index >= 15 is 0 Å². The van der Waals surface area contributed by atoms with Gasteiger partial charge in [0.2, 0.25) is 5.91 Å². The summed E-state index contributed by atoms with van der Waals surface area (Å²) in [6, 6.07) is 6.29. The van der Waals surface area contributed by atoms with Crippen molar-refractivity contribution >= 4 is 5.91 Å². The molecule has 5 heteroatoms. The fourth-order valence-corrected chi connectivity index (χ4v) is 2.98. The lowest BCUT2D eigenvalue weighted by molar-refractivity contribution is -0.132. The van der Waals surface area contributed by atoms with Crippen LogP contribution in [0.25, 0.3) is 0 Å². The minimum Gasteiger partial charge on any atom is -0.379 e. The Kier molecular flexibility index (Phi) is 3.72. The highest BCUT2D eigenvalue weighted by Crippen LogP contribution is 2.31. The van der Waals surface area contributed by atoms with Gasteiger partial charge in [-0.15, -0.1) is 0 Å². The van der Waals surface area contributed by atoms with E-state index in [1.807, 2.05) is 11.8 Å². The topological polar surface area (TPSA) is 41.6 Å². The van der Waals surface area contributed by atoms with Crippen molar-refractivity contribution in [2.45, 2.75) is 38.0 Å². The van der Waals surface area contributed by atoms with Crippen LogP contribution in [0.1, 0.15) is 31.5 Å². The average Bonchev–Trinajstić information content (AvgIpc) is 3.07. The molecule has 0 spiro atoms. The second kappa shape index (κ2) is 5.50. The number of ether oxygens (including phenoxy) is 1. The van der Waals surface area contributed by atoms with Crippen LogP contribution in [0.15, 0.2) is 24.3 Å². The maximum absolute atomic E-state index is 13.1. The molecular formula is C15H19FN2O2. The third kappa shape index (κ3) is 2.31. The van der Waals surface area contributed by atoms with Crippen molar-refractivity contribution in [3.63, 3.8) is 0 Å². The molecule has 2 aliphatic heterocycles. The molecule has 0 aromatic heterocycles. The molecule has 1 aromatic carbocycles. The van der Waals surface area contributed by atoms with E-state index in [9.17, 15) is 9.18 Å². The zero-order valence-electron chi connectivity index (χ0n) is 11.5. The number of hydrogen-bond acceptors (Lipinski definition) is 3. The molecule has 1 N–H and O–H groups in total. The Morgan fingerprint density at radius 3 is 2.75 bits per heavy atom. The maximum atomic E-state index is 13.1. The summed E-state index contributed by atoms with van der Waals surface area (Å²) in [5.74, 6) is -0.141. The molecule has 1 amide bonds. The molecule has 2 aliphatic rings. The number of hydrogen-bond donors (Lipinski definition) is 1. The number of carbonyl (C=O) groups is 1. The Labute approximate surface area is 117 Å². The average molecular weight is 278 g/mol. The van der Waals surface area contributed by atoms with Crippen molar-refractivity contribution in [1.29, 1.82) is 0 Å². The smallest absolute Gasteiger partial charge is 0.241 e. The summed E-state index contributed by atoms with van der Waals surface area (Å²) in [6.07, 6.45) is 1.43. The molecule has 0 aliphatic carbocycles. The molecule has 3 atom stereocenters. The summed E-state index contributed by atoms with van der Waals surface area (Å²) >= 11 is 0. The highest BCUT2D eigenvalue weighted by molar-refractivity contribution is 5.84. The lowest BCUT2D eigenvalue weighted by Gasteiger charge is -2.29. The zero-order chi connectivity index (χ0) is 14.1. The van der Waals surface area contributed by atoms with Gasteiger partial charge in [0.05, 0.1) is 18.7 Å². The lowest BCUT2D eigenvalue weighted by Crippen LogP contribution is -2.40. The van der Waals surface area contributed by atoms with Gasteiger partial charge < -0.3 is 9.64 Å². The van der Waals surface area contributed by atoms with Crippen LogP contribution < -0.4 is 5.32 Å². The fourth-order valence-electron chi connectivity index (χ4n) is 2.98. The number of halogens is 1. The van der Waals surface area contributed by atoms with Gasteiger partial charge in [-0.1, -0.05) is 19.1 Å². The van der Waals surface area contributed by atoms with E-state index < -0.39 is 0 Å². The molecule has 108 valence electrons. The summed E-state index contributed by atoms with van der Waals surface area (Å²) in [4.78, 5) is 14.4. The Bertz CT molecular complexity index is 485. The van der Waals surface area contributed by atoms with Crippen LogP contribution in [0.3, 0.4) is 0 Å². The van der Waals surface area contributed by atoms with Gasteiger partial charge in [0, 0.05) is 6.61 Å². The van der Waals surface area contributed by atoms with Crippen LogP contribution in [-0.2, 0) is 9.53 Å². The van der Waals surface area contributed by atoms with Crippen molar-refractivity contribution < 1.29 is 13.9 Å². The second-order valence-corrected chi connectivity index (χ2v) is 5.34. The molecule has 0 radical (unpaired) electrons. The van der Waals surface area contributed by atoms with E-state index in [-0.39, 0.29) is 30.0 Å². The van der Waals surface area contributed by atoms with Gasteiger partial charge in [0.15, 0.2) is 0 Å². The van der Waals surface area contributed by atoms with Crippen molar-refractivity contribution in [2.24, 2.45) is 0 Å². The van der Waals surface area contributed by atoms with Gasteiger partial charge in [0.1, 0.15) is 12.0 Å². The Balaban J connectivity index is 1.89. The second-order valence-electron chi connectivity index (χ2n) is 5.34. The molecule has 0 bridgehead atoms. The Hall–Kier alpha value is -1.46. The molecule has 3 unspecified atom stereocenters. The number of rotatable bonds is 3. The first-order chi connectivity index (χ1) is 9.70. The third-order valence-electron chi connectivity index (χ3n) is 4.08. The molecule has 1 aromatic rings. The van der Waals surface area contributed by atoms with Crippen LogP contribution in [0, 0.1) is 5.82 Å². The largest absolute Gasteiger partial charge is 0.379 e. The monoisotopic (exact) mass is 278 g/mol. The van der Waals surface area contributed by atoms with Crippen molar-refractivity contribution in [2.75, 3.05) is 13.2 Å². The van der Waals surface area contributed by atoms with Crippen LogP contribution in [0.5, 0.6) is 0 Å². The minimum atomic E-state index is -0.263. The SMILES string of the molecule is CCC1NC(c2ccc(F)cc2)N(C2CCOC2)C1=O. The highest BCUT2D eigenvalue weighted by Gasteiger charge is 2.43. The minimum absolute atomic E-state index is 0.113. The first-order valence-corrected chi connectivity index (χ1v) is 7.12. The van der Waals surface area contributed by atoms with Crippen molar-refractivity contribution in [3.05, 3.63) is 35.6 Å². The van der Waals surface area contributed by atoms with Crippen LogP contribution in [-0.4, -0.2) is 36.1 Å². The quantitative estimate of drug-likeness (QED) is 0.917. The summed E-state index contributed by atoms with van der Waals surface area (Å²) in [5, 5.41) is 3.35. The third-order valence-corrected chi connectivity index (χ3v) is 4.08. The summed E-state index contributed by atoms with van der Waals surface area (Å²) in [6.45, 7) is 3.27. The van der Waals surface area contributed by atoms with Crippen molar-refractivity contribution in [3.8, 4) is 0 Å². The summed E-state index contributed by atoms with van der Waals surface area (Å²) in [7, 11) is 0. The number of nitrogens with zero attached hydrogens (tertiary/aromatic N) is 1. The zero-order valence-corrected chi connectivity index (χ0v) is 11.5. The predicted molar refractivity (Wildman–Crippen MR) is 72.4 cm³/mol. The van der Waals surface area contributed by atoms with E-state index in [0.29, 0.717) is 13.2 Å². The summed E-state index contributed by atoms with van der Waals surface area (Å²) < 4.78 is 18.5. The molecule has 2 heterocycles. The molecule has 2 saturated heterocycles. The number of carbonyl (C=O) groups excluding carboxylic acids is 1. The number of benzene rings is 1. The first-order valence-electron chi connectivity index (χ1n) is 7.12. The van der Waals surface area contributed by atoms with E-state index in [4.69, 9.17) is 4.74 Å². The van der Waals surface area contributed by atoms with Crippen molar-refractivity contribution in [1.82, 2.24) is 10.2 Å². The van der Waals surface area contributed by atoms with Crippen LogP contribution >= 0.6 is 0 Å². The first kappa shape index (κ1) is 13.5. The van der Waals surface area contributed by atoms with Gasteiger partial charge in [-0.2, -0.15) is 0 Å². The number of amides is 1. The molecule has 20 heavy (non-hydrogen) atoms. The molecule has 4 nitrogen and oxygen atoms in total. The highest BCUT2D eigenvalue weighted by atomic mass is 19.1. The van der Waals surface area contributed by atoms with Gasteiger partial charge in [-0.05, 0) is 30.5 Å². The van der Waals surface area contributed by atoms with Gasteiger partial charge in [-0.3, -0.25) is 10.1 Å². The predicted octanol–water partition coefficient (Wildman–Crippen LogP) is 1.82. The number of nitrogens with one attached hydrogen (secondary N) is 1. The van der Waals surface area contributed by atoms with E-state index in [1.165, 1.54) is 12.1 Å². The Morgan fingerprint density at radius 2 is 2.15 bits per heavy atom. The van der Waals surface area contributed by atoms with Gasteiger partial charge in [0.25, 0.3) is 0 Å². The van der Waals surface area contributed by atoms with E-state index in [0.717, 1.165) is 18.4 Å². The van der Waals surface area contributed by atoms with Gasteiger partial charge >= 0.3 is 0 Å². The molecule has 2 fully saturated rings.